The van der Waals surface area contributed by atoms with Gasteiger partial charge in [0.1, 0.15) is 0 Å². The van der Waals surface area contributed by atoms with Crippen LogP contribution in [0.4, 0.5) is 0 Å². The van der Waals surface area contributed by atoms with E-state index >= 15 is 0 Å². The van der Waals surface area contributed by atoms with Gasteiger partial charge in [-0.3, -0.25) is 0 Å². The van der Waals surface area contributed by atoms with Gasteiger partial charge in [-0.25, -0.2) is 0 Å². The Balaban J connectivity index is 1.91. The number of aliphatic hydroxyl groups excluding tert-OH is 2. The summed E-state index contributed by atoms with van der Waals surface area (Å²) in [7, 11) is 1.71. The van der Waals surface area contributed by atoms with Crippen LogP contribution in [0, 0.1) is 23.2 Å². The summed E-state index contributed by atoms with van der Waals surface area (Å²) in [5, 5.41) is 22.1. The van der Waals surface area contributed by atoms with E-state index in [-0.39, 0.29) is 23.2 Å². The van der Waals surface area contributed by atoms with Crippen LogP contribution in [0.1, 0.15) is 46.5 Å². The van der Waals surface area contributed by atoms with E-state index in [2.05, 4.69) is 26.8 Å². The van der Waals surface area contributed by atoms with E-state index in [0.717, 1.165) is 12.8 Å². The smallest absolute Gasteiger partial charge is 0.171 e. The molecule has 5 nitrogen and oxygen atoms in total. The van der Waals surface area contributed by atoms with E-state index in [1.54, 1.807) is 7.11 Å². The van der Waals surface area contributed by atoms with Crippen molar-refractivity contribution in [1.29, 1.82) is 0 Å². The van der Waals surface area contributed by atoms with Crippen LogP contribution in [-0.2, 0) is 14.2 Å². The molecule has 25 heavy (non-hydrogen) atoms. The molecule has 0 amide bonds. The van der Waals surface area contributed by atoms with Gasteiger partial charge in [0, 0.05) is 36.7 Å². The van der Waals surface area contributed by atoms with Crippen LogP contribution < -0.4 is 0 Å². The van der Waals surface area contributed by atoms with Gasteiger partial charge in [0.25, 0.3) is 0 Å². The molecule has 0 bridgehead atoms. The highest BCUT2D eigenvalue weighted by Crippen LogP contribution is 2.59. The molecular weight excluding hydrogens is 320 g/mol. The van der Waals surface area contributed by atoms with Gasteiger partial charge in [0.15, 0.2) is 5.79 Å². The molecular formula is C20H34O5. The molecule has 0 radical (unpaired) electrons. The van der Waals surface area contributed by atoms with Gasteiger partial charge in [0.2, 0.25) is 0 Å². The number of ether oxygens (including phenoxy) is 3. The number of methoxy groups -OCH3 is 1. The molecule has 1 saturated heterocycles. The van der Waals surface area contributed by atoms with E-state index in [9.17, 15) is 10.2 Å². The Kier molecular flexibility index (Phi) is 5.62. The summed E-state index contributed by atoms with van der Waals surface area (Å²) >= 11 is 0. The van der Waals surface area contributed by atoms with Gasteiger partial charge < -0.3 is 24.4 Å². The molecule has 3 fully saturated rings. The summed E-state index contributed by atoms with van der Waals surface area (Å²) in [5.41, 5.74) is 0.999. The molecule has 3 aliphatic rings. The van der Waals surface area contributed by atoms with E-state index < -0.39 is 18.0 Å². The fourth-order valence-corrected chi connectivity index (χ4v) is 5.64. The molecule has 1 heterocycles. The lowest BCUT2D eigenvalue weighted by molar-refractivity contribution is -0.281. The molecule has 2 aliphatic carbocycles. The highest BCUT2D eigenvalue weighted by Gasteiger charge is 2.62. The van der Waals surface area contributed by atoms with Crippen LogP contribution in [0.15, 0.2) is 11.6 Å². The third-order valence-corrected chi connectivity index (χ3v) is 6.83. The van der Waals surface area contributed by atoms with Crippen molar-refractivity contribution in [2.24, 2.45) is 23.2 Å². The van der Waals surface area contributed by atoms with Gasteiger partial charge in [-0.15, -0.1) is 0 Å². The Bertz CT molecular complexity index is 494. The minimum absolute atomic E-state index is 0.00161. The molecule has 3 rings (SSSR count). The minimum Gasteiger partial charge on any atom is -0.393 e. The second-order valence-electron chi connectivity index (χ2n) is 8.56. The summed E-state index contributed by atoms with van der Waals surface area (Å²) in [6, 6.07) is 0. The van der Waals surface area contributed by atoms with Gasteiger partial charge >= 0.3 is 0 Å². The summed E-state index contributed by atoms with van der Waals surface area (Å²) in [6.07, 6.45) is 4.03. The highest BCUT2D eigenvalue weighted by molar-refractivity contribution is 5.10. The van der Waals surface area contributed by atoms with Crippen LogP contribution in [-0.4, -0.2) is 55.1 Å². The van der Waals surface area contributed by atoms with Crippen LogP contribution in [0.3, 0.4) is 0 Å². The van der Waals surface area contributed by atoms with Crippen LogP contribution in [0.5, 0.6) is 0 Å². The average Bonchev–Trinajstić information content (AvgIpc) is 3.01. The lowest BCUT2D eigenvalue weighted by Gasteiger charge is -2.59. The first kappa shape index (κ1) is 19.3. The summed E-state index contributed by atoms with van der Waals surface area (Å²) in [4.78, 5) is 0. The van der Waals surface area contributed by atoms with Gasteiger partial charge in [-0.05, 0) is 33.1 Å². The number of fused-ring (bicyclic) bond motifs is 1. The van der Waals surface area contributed by atoms with Gasteiger partial charge in [-0.1, -0.05) is 18.6 Å². The molecule has 2 N–H and O–H groups in total. The maximum Gasteiger partial charge on any atom is 0.171 e. The maximum atomic E-state index is 11.3. The number of rotatable bonds is 4. The van der Waals surface area contributed by atoms with Crippen molar-refractivity contribution in [1.82, 2.24) is 0 Å². The van der Waals surface area contributed by atoms with Gasteiger partial charge in [-0.2, -0.15) is 0 Å². The number of hydrogen-bond donors (Lipinski definition) is 2. The van der Waals surface area contributed by atoms with Gasteiger partial charge in [0.05, 0.1) is 32.0 Å². The summed E-state index contributed by atoms with van der Waals surface area (Å²) in [6.45, 7) is 8.03. The third-order valence-electron chi connectivity index (χ3n) is 6.83. The molecule has 1 aliphatic heterocycles. The zero-order valence-corrected chi connectivity index (χ0v) is 16.0. The first-order chi connectivity index (χ1) is 11.9. The fourth-order valence-electron chi connectivity index (χ4n) is 5.64. The Hall–Kier alpha value is -0.460. The Morgan fingerprint density at radius 2 is 1.88 bits per heavy atom. The molecule has 2 saturated carbocycles. The molecule has 0 aromatic carbocycles. The van der Waals surface area contributed by atoms with E-state index in [4.69, 9.17) is 14.2 Å². The van der Waals surface area contributed by atoms with Crippen molar-refractivity contribution in [2.45, 2.75) is 64.4 Å². The van der Waals surface area contributed by atoms with Crippen molar-refractivity contribution in [2.75, 3.05) is 26.9 Å². The second-order valence-corrected chi connectivity index (χ2v) is 8.56. The fraction of sp³-hybridized carbons (Fsp3) is 0.900. The van der Waals surface area contributed by atoms with E-state index in [0.29, 0.717) is 32.7 Å². The SMILES string of the molecule is COC[C@]12CCC3(OCCO3)[C@@H](C)[C@@H]1[C@H](O)C(CC=C(C)C)[C@@H](O)C2. The maximum absolute atomic E-state index is 11.3. The first-order valence-corrected chi connectivity index (χ1v) is 9.61. The first-order valence-electron chi connectivity index (χ1n) is 9.61. The summed E-state index contributed by atoms with van der Waals surface area (Å²) < 4.78 is 17.6. The van der Waals surface area contributed by atoms with Crippen molar-refractivity contribution in [3.05, 3.63) is 11.6 Å². The Labute approximate surface area is 151 Å². The van der Waals surface area contributed by atoms with Crippen molar-refractivity contribution < 1.29 is 24.4 Å². The predicted octanol–water partition coefficient (Wildman–Crippen LogP) is 2.51. The quantitative estimate of drug-likeness (QED) is 0.759. The molecule has 1 unspecified atom stereocenters. The Morgan fingerprint density at radius 3 is 2.48 bits per heavy atom. The van der Waals surface area contributed by atoms with Crippen LogP contribution in [0.2, 0.25) is 0 Å². The molecule has 144 valence electrons. The van der Waals surface area contributed by atoms with Crippen molar-refractivity contribution >= 4 is 0 Å². The molecule has 0 aromatic heterocycles. The zero-order chi connectivity index (χ0) is 18.2. The third kappa shape index (κ3) is 3.30. The molecule has 6 atom stereocenters. The standard InChI is InChI=1S/C20H34O5/c1-13(2)5-6-15-16(21)11-19(12-23-4)7-8-20(24-9-10-25-20)14(3)17(19)18(15)22/h5,14-18,21-22H,6-12H2,1-4H3/t14-,15?,16-,17+,18+,19+/m0/s1. The normalized spacial score (nSPS) is 43.0. The number of aliphatic hydroxyl groups is 2. The lowest BCUT2D eigenvalue weighted by Crippen LogP contribution is -2.63. The molecule has 0 aromatic rings. The molecule has 5 heteroatoms. The summed E-state index contributed by atoms with van der Waals surface area (Å²) in [5.74, 6) is -0.663. The number of hydrogen-bond acceptors (Lipinski definition) is 5. The molecule has 1 spiro atoms. The number of allylic oxidation sites excluding steroid dienone is 2. The van der Waals surface area contributed by atoms with E-state index in [1.165, 1.54) is 5.57 Å². The largest absolute Gasteiger partial charge is 0.393 e. The van der Waals surface area contributed by atoms with Crippen LogP contribution >= 0.6 is 0 Å². The minimum atomic E-state index is -0.588. The average molecular weight is 354 g/mol. The van der Waals surface area contributed by atoms with Crippen LogP contribution in [0.25, 0.3) is 0 Å². The van der Waals surface area contributed by atoms with Crippen molar-refractivity contribution in [3.63, 3.8) is 0 Å². The monoisotopic (exact) mass is 354 g/mol. The van der Waals surface area contributed by atoms with Crippen molar-refractivity contribution in [3.8, 4) is 0 Å². The second kappa shape index (κ2) is 7.28. The lowest BCUT2D eigenvalue weighted by atomic mass is 9.51. The topological polar surface area (TPSA) is 68.2 Å². The van der Waals surface area contributed by atoms with E-state index in [1.807, 2.05) is 0 Å². The highest BCUT2D eigenvalue weighted by atomic mass is 16.7. The Morgan fingerprint density at radius 1 is 1.20 bits per heavy atom. The zero-order valence-electron chi connectivity index (χ0n) is 16.0. The predicted molar refractivity (Wildman–Crippen MR) is 95.0 cm³/mol.